The van der Waals surface area contributed by atoms with E-state index in [9.17, 15) is 31.6 Å². The number of alkyl halides is 9. The van der Waals surface area contributed by atoms with Crippen LogP contribution in [0.15, 0.2) is 206 Å². The Balaban J connectivity index is 0.000000165. The Labute approximate surface area is 579 Å². The van der Waals surface area contributed by atoms with Crippen molar-refractivity contribution in [2.45, 2.75) is 73.9 Å². The third-order valence-corrected chi connectivity index (χ3v) is 19.4. The quantitative estimate of drug-likeness (QED) is 0.121. The number of rotatable bonds is 6. The second-order valence-corrected chi connectivity index (χ2v) is 26.5. The average molecular weight is 1360 g/mol. The molecule has 0 radical (unpaired) electrons. The van der Waals surface area contributed by atoms with Crippen LogP contribution in [0.1, 0.15) is 66.8 Å². The standard InChI is InChI=1S/C43H29F6N3.C43H29F3N4/c1-23-9-13-35-27(17-23)28-18-24(2)10-14-36(28)51(35)39-21-31(41-32(42(44,45)46)7-6-8-34(41)50-5)33(43(47,48)49)22-40(39)52-37-15-11-25(3)19-29(37)30-20-26(4)12-16-38(30)52;1-24-9-13-36-30(17-24)31-18-25(2)10-14-37(31)49(36)40-21-28(23-47)29(42-34(43(44,45)46)7-6-8-35(42)48-5)22-41(40)50-38-15-11-26(3)19-32(38)33-20-27(4)12-16-39(33)50/h6-22H,1-4H3;6-22H,1-4H3. The van der Waals surface area contributed by atoms with Crippen molar-refractivity contribution in [2.75, 3.05) is 0 Å². The van der Waals surface area contributed by atoms with E-state index in [0.29, 0.717) is 33.4 Å². The largest absolute Gasteiger partial charge is 0.417 e. The zero-order chi connectivity index (χ0) is 71.9. The lowest BCUT2D eigenvalue weighted by atomic mass is 9.91. The van der Waals surface area contributed by atoms with E-state index in [4.69, 9.17) is 13.1 Å². The maximum Gasteiger partial charge on any atom is 0.417 e. The maximum absolute atomic E-state index is 15.4. The van der Waals surface area contributed by atoms with Crippen molar-refractivity contribution in [1.29, 1.82) is 5.26 Å². The molecule has 0 atom stereocenters. The molecule has 0 fully saturated rings. The van der Waals surface area contributed by atoms with Crippen LogP contribution in [0.2, 0.25) is 0 Å². The first kappa shape index (κ1) is 65.6. The van der Waals surface area contributed by atoms with E-state index in [1.165, 1.54) is 18.2 Å². The van der Waals surface area contributed by atoms with Crippen LogP contribution in [-0.2, 0) is 18.5 Å². The number of fused-ring (bicyclic) bond motifs is 12. The molecule has 16 rings (SSSR count). The van der Waals surface area contributed by atoms with Crippen molar-refractivity contribution in [3.8, 4) is 51.1 Å². The minimum absolute atomic E-state index is 0.0343. The summed E-state index contributed by atoms with van der Waals surface area (Å²) >= 11 is 0. The summed E-state index contributed by atoms with van der Waals surface area (Å²) in [5.74, 6) is 0. The van der Waals surface area contributed by atoms with Gasteiger partial charge in [0.05, 0.1) is 108 Å². The fourth-order valence-corrected chi connectivity index (χ4v) is 15.0. The molecule has 7 nitrogen and oxygen atoms in total. The van der Waals surface area contributed by atoms with E-state index >= 15 is 13.2 Å². The first-order valence-electron chi connectivity index (χ1n) is 32.7. The smallest absolute Gasteiger partial charge is 0.307 e. The summed E-state index contributed by atoms with van der Waals surface area (Å²) in [4.78, 5) is 6.80. The first-order chi connectivity index (χ1) is 48.6. The lowest BCUT2D eigenvalue weighted by Crippen LogP contribution is -2.14. The molecular weight excluding hydrogens is 1300 g/mol. The van der Waals surface area contributed by atoms with Crippen molar-refractivity contribution in [3.63, 3.8) is 0 Å². The van der Waals surface area contributed by atoms with E-state index in [1.807, 2.05) is 169 Å². The molecule has 0 bridgehead atoms. The molecule has 0 saturated carbocycles. The highest BCUT2D eigenvalue weighted by molar-refractivity contribution is 6.15. The Morgan fingerprint density at radius 3 is 0.775 bits per heavy atom. The summed E-state index contributed by atoms with van der Waals surface area (Å²) in [6.45, 7) is 31.5. The van der Waals surface area contributed by atoms with E-state index in [1.54, 1.807) is 16.7 Å². The molecular formula is C86H58F9N7. The SMILES string of the molecule is [C-]#[N+]c1cccc(C(F)(F)F)c1-c1cc(-n2c3ccc(C)cc3c3cc(C)ccc32)c(-n2c3ccc(C)cc3c3cc(C)ccc32)cc1C#N.[C-]#[N+]c1cccc(C(F)(F)F)c1-c1cc(-n2c3ccc(C)cc3c3cc(C)ccc32)c(-n2c3ccc(C)cc3c3cc(C)ccc32)cc1C(F)(F)F. The molecule has 0 aliphatic heterocycles. The van der Waals surface area contributed by atoms with Crippen molar-refractivity contribution in [3.05, 3.63) is 296 Å². The van der Waals surface area contributed by atoms with Gasteiger partial charge in [-0.3, -0.25) is 0 Å². The van der Waals surface area contributed by atoms with Crippen LogP contribution in [0, 0.1) is 79.9 Å². The van der Waals surface area contributed by atoms with Crippen LogP contribution in [0.25, 0.3) is 142 Å². The minimum Gasteiger partial charge on any atom is -0.307 e. The van der Waals surface area contributed by atoms with Crippen LogP contribution in [0.4, 0.5) is 50.9 Å². The average Bonchev–Trinajstić information content (AvgIpc) is 1.48. The molecule has 16 heteroatoms. The van der Waals surface area contributed by atoms with Gasteiger partial charge in [-0.05, 0) is 188 Å². The van der Waals surface area contributed by atoms with E-state index in [2.05, 4.69) is 61.3 Å². The van der Waals surface area contributed by atoms with Gasteiger partial charge in [-0.2, -0.15) is 44.8 Å². The minimum atomic E-state index is -5.10. The molecule has 0 aliphatic carbocycles. The summed E-state index contributed by atoms with van der Waals surface area (Å²) < 4.78 is 142. The summed E-state index contributed by atoms with van der Waals surface area (Å²) in [5.41, 5.74) is 9.88. The van der Waals surface area contributed by atoms with Crippen LogP contribution >= 0.6 is 0 Å². The molecule has 0 aliphatic rings. The molecule has 500 valence electrons. The van der Waals surface area contributed by atoms with Gasteiger partial charge in [0, 0.05) is 54.2 Å². The summed E-state index contributed by atoms with van der Waals surface area (Å²) in [5, 5.41) is 18.1. The third-order valence-electron chi connectivity index (χ3n) is 19.4. The topological polar surface area (TPSA) is 52.2 Å². The number of aromatic nitrogens is 4. The molecule has 102 heavy (non-hydrogen) atoms. The van der Waals surface area contributed by atoms with Crippen LogP contribution < -0.4 is 0 Å². The number of nitrogens with zero attached hydrogens (tertiary/aromatic N) is 7. The van der Waals surface area contributed by atoms with Gasteiger partial charge < -0.3 is 18.3 Å². The first-order valence-corrected chi connectivity index (χ1v) is 32.7. The van der Waals surface area contributed by atoms with Crippen LogP contribution in [-0.4, -0.2) is 18.3 Å². The summed E-state index contributed by atoms with van der Waals surface area (Å²) in [7, 11) is 0. The highest BCUT2D eigenvalue weighted by atomic mass is 19.4. The second-order valence-electron chi connectivity index (χ2n) is 26.5. The van der Waals surface area contributed by atoms with E-state index in [-0.39, 0.29) is 33.8 Å². The summed E-state index contributed by atoms with van der Waals surface area (Å²) in [6.07, 6.45) is -14.9. The van der Waals surface area contributed by atoms with Gasteiger partial charge >= 0.3 is 18.5 Å². The van der Waals surface area contributed by atoms with Gasteiger partial charge in [0.2, 0.25) is 0 Å². The number of benzene rings is 12. The molecule has 0 N–H and O–H groups in total. The number of nitriles is 1. The van der Waals surface area contributed by atoms with Crippen LogP contribution in [0.3, 0.4) is 0 Å². The molecule has 4 aromatic heterocycles. The predicted molar refractivity (Wildman–Crippen MR) is 391 cm³/mol. The lowest BCUT2D eigenvalue weighted by molar-refractivity contribution is -0.139. The number of hydrogen-bond donors (Lipinski definition) is 0. The molecule has 4 heterocycles. The number of hydrogen-bond acceptors (Lipinski definition) is 1. The molecule has 0 amide bonds. The van der Waals surface area contributed by atoms with Crippen molar-refractivity contribution in [1.82, 2.24) is 18.3 Å². The van der Waals surface area contributed by atoms with Gasteiger partial charge in [-0.15, -0.1) is 0 Å². The number of halogens is 9. The lowest BCUT2D eigenvalue weighted by Gasteiger charge is -2.24. The van der Waals surface area contributed by atoms with Gasteiger partial charge in [0.15, 0.2) is 11.4 Å². The van der Waals surface area contributed by atoms with Crippen molar-refractivity contribution >= 4 is 98.6 Å². The summed E-state index contributed by atoms with van der Waals surface area (Å²) in [6, 6.07) is 62.0. The molecule has 16 aromatic rings. The van der Waals surface area contributed by atoms with E-state index < -0.39 is 52.0 Å². The number of aryl methyl sites for hydroxylation is 8. The molecule has 0 unspecified atom stereocenters. The van der Waals surface area contributed by atoms with Gasteiger partial charge in [-0.25, -0.2) is 9.69 Å². The van der Waals surface area contributed by atoms with Crippen molar-refractivity contribution in [2.24, 2.45) is 0 Å². The zero-order valence-electron chi connectivity index (χ0n) is 56.2. The zero-order valence-corrected chi connectivity index (χ0v) is 56.2. The molecule has 12 aromatic carbocycles. The molecule has 0 spiro atoms. The molecule has 0 saturated heterocycles. The fourth-order valence-electron chi connectivity index (χ4n) is 15.0. The predicted octanol–water partition coefficient (Wildman–Crippen LogP) is 25.6. The Morgan fingerprint density at radius 2 is 0.529 bits per heavy atom. The monoisotopic (exact) mass is 1360 g/mol. The Kier molecular flexibility index (Phi) is 15.4. The highest BCUT2D eigenvalue weighted by Gasteiger charge is 2.42. The van der Waals surface area contributed by atoms with Gasteiger partial charge in [-0.1, -0.05) is 129 Å². The Hall–Kier alpha value is -12.3. The van der Waals surface area contributed by atoms with Gasteiger partial charge in [0.25, 0.3) is 0 Å². The Morgan fingerprint density at radius 1 is 0.294 bits per heavy atom. The maximum atomic E-state index is 15.4. The normalized spacial score (nSPS) is 12.1. The van der Waals surface area contributed by atoms with Gasteiger partial charge in [0.1, 0.15) is 0 Å². The third kappa shape index (κ3) is 10.7. The highest BCUT2D eigenvalue weighted by Crippen LogP contribution is 2.52. The van der Waals surface area contributed by atoms with E-state index in [0.717, 1.165) is 140 Å². The van der Waals surface area contributed by atoms with Crippen molar-refractivity contribution < 1.29 is 39.5 Å². The Bertz CT molecular complexity index is 6180. The second kappa shape index (κ2) is 24.0. The van der Waals surface area contributed by atoms with Crippen LogP contribution in [0.5, 0.6) is 0 Å². The fraction of sp³-hybridized carbons (Fsp3) is 0.128.